The van der Waals surface area contributed by atoms with E-state index in [1.165, 1.54) is 0 Å². The first-order valence-electron chi connectivity index (χ1n) is 2.46. The van der Waals surface area contributed by atoms with Crippen LogP contribution in [0.15, 0.2) is 11.6 Å². The zero-order valence-corrected chi connectivity index (χ0v) is 5.10. The number of aliphatic hydroxyl groups excluding tert-OH is 1. The predicted octanol–water partition coefficient (Wildman–Crippen LogP) is 1.33. The molecule has 0 aliphatic carbocycles. The number of hydrogen-bond donors (Lipinski definition) is 1. The first-order chi connectivity index (χ1) is 3.13. The Balaban J connectivity index is 3.45. The number of aliphatic hydroxyl groups is 1. The van der Waals surface area contributed by atoms with E-state index in [2.05, 4.69) is 0 Å². The van der Waals surface area contributed by atoms with Crippen LogP contribution in [0.4, 0.5) is 0 Å². The molecule has 0 spiro atoms. The lowest BCUT2D eigenvalue weighted by molar-refractivity contribution is 0.243. The Morgan fingerprint density at radius 3 is 2.00 bits per heavy atom. The van der Waals surface area contributed by atoms with Crippen molar-refractivity contribution in [1.29, 1.82) is 0 Å². The van der Waals surface area contributed by atoms with E-state index >= 15 is 0 Å². The van der Waals surface area contributed by atoms with Gasteiger partial charge in [-0.15, -0.1) is 0 Å². The van der Waals surface area contributed by atoms with E-state index < -0.39 is 0 Å². The summed E-state index contributed by atoms with van der Waals surface area (Å²) < 4.78 is 0. The molecule has 0 aromatic heterocycles. The molecule has 0 rings (SSSR count). The molecule has 0 aliphatic heterocycles. The van der Waals surface area contributed by atoms with Gasteiger partial charge in [0.1, 0.15) is 0 Å². The van der Waals surface area contributed by atoms with Crippen molar-refractivity contribution in [3.8, 4) is 0 Å². The van der Waals surface area contributed by atoms with Crippen LogP contribution in [0.25, 0.3) is 0 Å². The second-order valence-corrected chi connectivity index (χ2v) is 1.98. The summed E-state index contributed by atoms with van der Waals surface area (Å²) in [5, 5.41) is 8.65. The Morgan fingerprint density at radius 2 is 2.00 bits per heavy atom. The minimum Gasteiger partial charge on any atom is -0.389 e. The van der Waals surface area contributed by atoms with Crippen LogP contribution in [-0.4, -0.2) is 11.2 Å². The highest BCUT2D eigenvalue weighted by molar-refractivity contribution is 4.95. The van der Waals surface area contributed by atoms with Crippen molar-refractivity contribution >= 4 is 0 Å². The minimum atomic E-state index is -0.287. The van der Waals surface area contributed by atoms with Gasteiger partial charge in [-0.3, -0.25) is 0 Å². The second-order valence-electron chi connectivity index (χ2n) is 1.98. The molecule has 1 nitrogen and oxygen atoms in total. The van der Waals surface area contributed by atoms with E-state index in [-0.39, 0.29) is 6.10 Å². The first kappa shape index (κ1) is 6.70. The van der Waals surface area contributed by atoms with Gasteiger partial charge in [-0.25, -0.2) is 0 Å². The first-order valence-corrected chi connectivity index (χ1v) is 2.46. The van der Waals surface area contributed by atoms with Gasteiger partial charge < -0.3 is 5.11 Å². The molecule has 0 saturated carbocycles. The molecule has 0 saturated heterocycles. The van der Waals surface area contributed by atoms with Crippen LogP contribution >= 0.6 is 0 Å². The Bertz CT molecular complexity index is 68.2. The third-order valence-corrected chi connectivity index (χ3v) is 0.575. The Labute approximate surface area is 44.7 Å². The Morgan fingerprint density at radius 1 is 1.57 bits per heavy atom. The number of rotatable bonds is 1. The highest BCUT2D eigenvalue weighted by atomic mass is 16.3. The Kier molecular flexibility index (Phi) is 2.68. The van der Waals surface area contributed by atoms with Crippen LogP contribution in [-0.2, 0) is 0 Å². The monoisotopic (exact) mass is 100 g/mol. The van der Waals surface area contributed by atoms with Crippen molar-refractivity contribution in [1.82, 2.24) is 0 Å². The van der Waals surface area contributed by atoms with E-state index in [9.17, 15) is 0 Å². The average Bonchev–Trinajstić information content (AvgIpc) is 1.27. The molecule has 0 aliphatic rings. The highest BCUT2D eigenvalue weighted by Crippen LogP contribution is 1.90. The third-order valence-electron chi connectivity index (χ3n) is 0.575. The van der Waals surface area contributed by atoms with Crippen molar-refractivity contribution in [2.75, 3.05) is 0 Å². The van der Waals surface area contributed by atoms with Gasteiger partial charge in [0.05, 0.1) is 6.10 Å². The standard InChI is InChI=1S/C6H12O/c1-5(2)4-6(3)7/h4,6-7H,1-3H3/t6-/m1/s1. The summed E-state index contributed by atoms with van der Waals surface area (Å²) in [5.74, 6) is 0. The zero-order chi connectivity index (χ0) is 5.86. The molecule has 1 atom stereocenters. The van der Waals surface area contributed by atoms with Crippen LogP contribution in [0.1, 0.15) is 20.8 Å². The van der Waals surface area contributed by atoms with Crippen molar-refractivity contribution in [2.24, 2.45) is 0 Å². The topological polar surface area (TPSA) is 20.2 Å². The normalized spacial score (nSPS) is 13.1. The molecule has 0 aromatic carbocycles. The average molecular weight is 100 g/mol. The van der Waals surface area contributed by atoms with Crippen LogP contribution in [0.2, 0.25) is 0 Å². The van der Waals surface area contributed by atoms with Crippen LogP contribution in [0.5, 0.6) is 0 Å². The van der Waals surface area contributed by atoms with E-state index in [0.29, 0.717) is 0 Å². The minimum absolute atomic E-state index is 0.287. The molecule has 0 fully saturated rings. The second kappa shape index (κ2) is 2.80. The SMILES string of the molecule is CC(C)=C[C@@H](C)O. The van der Waals surface area contributed by atoms with Gasteiger partial charge in [0.2, 0.25) is 0 Å². The smallest absolute Gasteiger partial charge is 0.0695 e. The van der Waals surface area contributed by atoms with Gasteiger partial charge in [0, 0.05) is 0 Å². The predicted molar refractivity (Wildman–Crippen MR) is 31.1 cm³/mol. The van der Waals surface area contributed by atoms with E-state index in [0.717, 1.165) is 5.57 Å². The summed E-state index contributed by atoms with van der Waals surface area (Å²) in [6, 6.07) is 0. The van der Waals surface area contributed by atoms with Gasteiger partial charge in [-0.05, 0) is 20.8 Å². The molecule has 0 aromatic rings. The maximum atomic E-state index is 8.65. The fourth-order valence-corrected chi connectivity index (χ4v) is 0.482. The maximum absolute atomic E-state index is 8.65. The van der Waals surface area contributed by atoms with Gasteiger partial charge in [0.15, 0.2) is 0 Å². The molecule has 42 valence electrons. The largest absolute Gasteiger partial charge is 0.389 e. The van der Waals surface area contributed by atoms with Gasteiger partial charge in [0.25, 0.3) is 0 Å². The van der Waals surface area contributed by atoms with Crippen LogP contribution < -0.4 is 0 Å². The van der Waals surface area contributed by atoms with Crippen molar-refractivity contribution in [3.05, 3.63) is 11.6 Å². The van der Waals surface area contributed by atoms with Crippen LogP contribution in [0.3, 0.4) is 0 Å². The summed E-state index contributed by atoms with van der Waals surface area (Å²) in [4.78, 5) is 0. The molecule has 1 heteroatoms. The summed E-state index contributed by atoms with van der Waals surface area (Å²) in [6.45, 7) is 5.67. The summed E-state index contributed by atoms with van der Waals surface area (Å²) in [7, 11) is 0. The van der Waals surface area contributed by atoms with E-state index in [1.807, 2.05) is 13.8 Å². The molecule has 0 heterocycles. The molecule has 1 N–H and O–H groups in total. The lowest BCUT2D eigenvalue weighted by Crippen LogP contribution is -1.92. The third kappa shape index (κ3) is 5.70. The van der Waals surface area contributed by atoms with E-state index in [4.69, 9.17) is 5.11 Å². The van der Waals surface area contributed by atoms with Crippen molar-refractivity contribution in [3.63, 3.8) is 0 Å². The molecular formula is C6H12O. The molecule has 7 heavy (non-hydrogen) atoms. The summed E-state index contributed by atoms with van der Waals surface area (Å²) in [5.41, 5.74) is 1.16. The Hall–Kier alpha value is -0.300. The van der Waals surface area contributed by atoms with Gasteiger partial charge in [-0.2, -0.15) is 0 Å². The number of allylic oxidation sites excluding steroid dienone is 1. The maximum Gasteiger partial charge on any atom is 0.0695 e. The number of hydrogen-bond acceptors (Lipinski definition) is 1. The summed E-state index contributed by atoms with van der Waals surface area (Å²) in [6.07, 6.45) is 1.52. The molecule has 0 unspecified atom stereocenters. The fraction of sp³-hybridized carbons (Fsp3) is 0.667. The summed E-state index contributed by atoms with van der Waals surface area (Å²) >= 11 is 0. The zero-order valence-electron chi connectivity index (χ0n) is 5.10. The fourth-order valence-electron chi connectivity index (χ4n) is 0.482. The van der Waals surface area contributed by atoms with Crippen molar-refractivity contribution in [2.45, 2.75) is 26.9 Å². The van der Waals surface area contributed by atoms with Gasteiger partial charge >= 0.3 is 0 Å². The molecule has 0 radical (unpaired) electrons. The van der Waals surface area contributed by atoms with Gasteiger partial charge in [-0.1, -0.05) is 11.6 Å². The lowest BCUT2D eigenvalue weighted by atomic mass is 10.2. The van der Waals surface area contributed by atoms with Crippen LogP contribution in [0, 0.1) is 0 Å². The molecular weight excluding hydrogens is 88.1 g/mol. The molecule has 0 bridgehead atoms. The quantitative estimate of drug-likeness (QED) is 0.493. The highest BCUT2D eigenvalue weighted by Gasteiger charge is 1.83. The van der Waals surface area contributed by atoms with Crippen molar-refractivity contribution < 1.29 is 5.11 Å². The lowest BCUT2D eigenvalue weighted by Gasteiger charge is -1.92. The van der Waals surface area contributed by atoms with E-state index in [1.54, 1.807) is 13.0 Å². The molecule has 0 amide bonds.